The molecule has 0 fully saturated rings. The van der Waals surface area contributed by atoms with Gasteiger partial charge in [-0.05, 0) is 18.6 Å². The summed E-state index contributed by atoms with van der Waals surface area (Å²) in [5.41, 5.74) is 1.36. The molecule has 2 aromatic rings. The van der Waals surface area contributed by atoms with Gasteiger partial charge < -0.3 is 14.8 Å². The second-order valence-corrected chi connectivity index (χ2v) is 4.00. The van der Waals surface area contributed by atoms with E-state index in [4.69, 9.17) is 14.8 Å². The average Bonchev–Trinajstić information content (AvgIpc) is 2.40. The summed E-state index contributed by atoms with van der Waals surface area (Å²) < 4.78 is 5.71. The molecular weight excluding hydrogens is 229 g/mol. The molecule has 1 aromatic carbocycles. The van der Waals surface area contributed by atoms with E-state index < -0.39 is 7.12 Å². The number of nitrogens with zero attached hydrogens (tertiary/aromatic N) is 1. The number of pyridine rings is 1. The summed E-state index contributed by atoms with van der Waals surface area (Å²) in [6.07, 6.45) is 2.81. The summed E-state index contributed by atoms with van der Waals surface area (Å²) in [7, 11) is -1.53. The van der Waals surface area contributed by atoms with Crippen molar-refractivity contribution in [2.75, 3.05) is 0 Å². The average molecular weight is 243 g/mol. The van der Waals surface area contributed by atoms with Crippen LogP contribution in [-0.2, 0) is 0 Å². The van der Waals surface area contributed by atoms with E-state index in [1.54, 1.807) is 12.3 Å². The quantitative estimate of drug-likeness (QED) is 0.783. The molecule has 2 rings (SSSR count). The number of hydrogen-bond donors (Lipinski definition) is 2. The van der Waals surface area contributed by atoms with E-state index in [0.29, 0.717) is 11.2 Å². The molecule has 2 N–H and O–H groups in total. The van der Waals surface area contributed by atoms with Crippen LogP contribution in [-0.4, -0.2) is 22.2 Å². The number of hydrogen-bond acceptors (Lipinski definition) is 4. The Hall–Kier alpha value is -1.85. The smallest absolute Gasteiger partial charge is 0.484 e. The van der Waals surface area contributed by atoms with E-state index >= 15 is 0 Å². The van der Waals surface area contributed by atoms with Gasteiger partial charge in [0.1, 0.15) is 11.9 Å². The van der Waals surface area contributed by atoms with Crippen LogP contribution in [0.1, 0.15) is 18.6 Å². The van der Waals surface area contributed by atoms with E-state index in [1.807, 2.05) is 37.3 Å². The molecule has 18 heavy (non-hydrogen) atoms. The first kappa shape index (κ1) is 12.6. The Labute approximate surface area is 106 Å². The SMILES string of the molecule is C[C@@H](Oc1cncc(B(O)O)c1)c1ccccc1. The Morgan fingerprint density at radius 1 is 1.17 bits per heavy atom. The van der Waals surface area contributed by atoms with E-state index in [2.05, 4.69) is 4.98 Å². The summed E-state index contributed by atoms with van der Waals surface area (Å²) in [6.45, 7) is 1.93. The highest BCUT2D eigenvalue weighted by molar-refractivity contribution is 6.58. The van der Waals surface area contributed by atoms with Crippen LogP contribution in [0.2, 0.25) is 0 Å². The minimum atomic E-state index is -1.53. The van der Waals surface area contributed by atoms with Gasteiger partial charge in [-0.3, -0.25) is 4.98 Å². The topological polar surface area (TPSA) is 62.6 Å². The van der Waals surface area contributed by atoms with Crippen LogP contribution < -0.4 is 10.2 Å². The maximum Gasteiger partial charge on any atom is 0.490 e. The predicted molar refractivity (Wildman–Crippen MR) is 69.5 cm³/mol. The van der Waals surface area contributed by atoms with Crippen molar-refractivity contribution in [3.05, 3.63) is 54.4 Å². The van der Waals surface area contributed by atoms with Gasteiger partial charge >= 0.3 is 7.12 Å². The Morgan fingerprint density at radius 2 is 1.89 bits per heavy atom. The molecule has 0 radical (unpaired) electrons. The fourth-order valence-electron chi connectivity index (χ4n) is 1.64. The summed E-state index contributed by atoms with van der Waals surface area (Å²) in [5.74, 6) is 0.511. The van der Waals surface area contributed by atoms with E-state index in [1.165, 1.54) is 6.20 Å². The van der Waals surface area contributed by atoms with E-state index in [9.17, 15) is 0 Å². The Bertz CT molecular complexity index is 505. The molecule has 1 aromatic heterocycles. The van der Waals surface area contributed by atoms with Gasteiger partial charge in [-0.1, -0.05) is 30.3 Å². The van der Waals surface area contributed by atoms with Gasteiger partial charge in [-0.25, -0.2) is 0 Å². The summed E-state index contributed by atoms with van der Waals surface area (Å²) in [5, 5.41) is 18.1. The Balaban J connectivity index is 2.12. The molecule has 0 saturated heterocycles. The first-order valence-corrected chi connectivity index (χ1v) is 5.69. The van der Waals surface area contributed by atoms with Crippen LogP contribution in [0.4, 0.5) is 0 Å². The summed E-state index contributed by atoms with van der Waals surface area (Å²) >= 11 is 0. The zero-order chi connectivity index (χ0) is 13.0. The van der Waals surface area contributed by atoms with Crippen LogP contribution in [0.3, 0.4) is 0 Å². The molecule has 0 bridgehead atoms. The van der Waals surface area contributed by atoms with Crippen molar-refractivity contribution in [3.63, 3.8) is 0 Å². The maximum absolute atomic E-state index is 9.06. The summed E-state index contributed by atoms with van der Waals surface area (Å²) in [6, 6.07) is 11.4. The van der Waals surface area contributed by atoms with Crippen LogP contribution in [0.5, 0.6) is 5.75 Å². The normalized spacial score (nSPS) is 11.9. The second kappa shape index (κ2) is 5.66. The van der Waals surface area contributed by atoms with Gasteiger partial charge in [0.2, 0.25) is 0 Å². The molecular formula is C13H14BNO3. The molecule has 5 heteroatoms. The van der Waals surface area contributed by atoms with Crippen LogP contribution >= 0.6 is 0 Å². The zero-order valence-corrected chi connectivity index (χ0v) is 10.0. The van der Waals surface area contributed by atoms with Gasteiger partial charge in [0.05, 0.1) is 6.20 Å². The predicted octanol–water partition coefficient (Wildman–Crippen LogP) is 0.901. The lowest BCUT2D eigenvalue weighted by atomic mass is 9.82. The third kappa shape index (κ3) is 3.09. The molecule has 0 aliphatic carbocycles. The third-order valence-electron chi connectivity index (χ3n) is 2.61. The minimum Gasteiger partial charge on any atom is -0.484 e. The first-order valence-electron chi connectivity index (χ1n) is 5.69. The first-order chi connectivity index (χ1) is 8.66. The van der Waals surface area contributed by atoms with E-state index in [0.717, 1.165) is 5.56 Å². The monoisotopic (exact) mass is 243 g/mol. The molecule has 0 spiro atoms. The number of aromatic nitrogens is 1. The molecule has 0 aliphatic heterocycles. The highest BCUT2D eigenvalue weighted by Gasteiger charge is 2.13. The van der Waals surface area contributed by atoms with Crippen LogP contribution in [0, 0.1) is 0 Å². The molecule has 0 unspecified atom stereocenters. The molecule has 1 atom stereocenters. The van der Waals surface area contributed by atoms with Crippen molar-refractivity contribution >= 4 is 12.6 Å². The second-order valence-electron chi connectivity index (χ2n) is 4.00. The molecule has 1 heterocycles. The fraction of sp³-hybridized carbons (Fsp3) is 0.154. The van der Waals surface area contributed by atoms with Gasteiger partial charge in [0, 0.05) is 11.7 Å². The molecule has 0 saturated carbocycles. The van der Waals surface area contributed by atoms with Crippen LogP contribution in [0.25, 0.3) is 0 Å². The van der Waals surface area contributed by atoms with Crippen molar-refractivity contribution in [2.45, 2.75) is 13.0 Å². The maximum atomic E-state index is 9.06. The van der Waals surface area contributed by atoms with Crippen molar-refractivity contribution in [1.82, 2.24) is 4.98 Å². The Morgan fingerprint density at radius 3 is 2.56 bits per heavy atom. The lowest BCUT2D eigenvalue weighted by molar-refractivity contribution is 0.226. The Kier molecular flexibility index (Phi) is 3.97. The number of rotatable bonds is 4. The standard InChI is InChI=1S/C13H14BNO3/c1-10(11-5-3-2-4-6-11)18-13-7-12(14(16)17)8-15-9-13/h2-10,16-17H,1H3/t10-/m1/s1. The largest absolute Gasteiger partial charge is 0.490 e. The summed E-state index contributed by atoms with van der Waals surface area (Å²) in [4.78, 5) is 3.91. The van der Waals surface area contributed by atoms with Gasteiger partial charge in [-0.15, -0.1) is 0 Å². The van der Waals surface area contributed by atoms with Gasteiger partial charge in [-0.2, -0.15) is 0 Å². The zero-order valence-electron chi connectivity index (χ0n) is 10.0. The minimum absolute atomic E-state index is 0.126. The fourth-order valence-corrected chi connectivity index (χ4v) is 1.64. The lowest BCUT2D eigenvalue weighted by Gasteiger charge is -2.15. The molecule has 4 nitrogen and oxygen atoms in total. The van der Waals surface area contributed by atoms with Crippen molar-refractivity contribution < 1.29 is 14.8 Å². The highest BCUT2D eigenvalue weighted by Crippen LogP contribution is 2.19. The van der Waals surface area contributed by atoms with Crippen molar-refractivity contribution in [2.24, 2.45) is 0 Å². The van der Waals surface area contributed by atoms with Gasteiger partial charge in [0.15, 0.2) is 0 Å². The number of benzene rings is 1. The van der Waals surface area contributed by atoms with Crippen molar-refractivity contribution in [3.8, 4) is 5.75 Å². The van der Waals surface area contributed by atoms with Crippen molar-refractivity contribution in [1.29, 1.82) is 0 Å². The molecule has 0 aliphatic rings. The van der Waals surface area contributed by atoms with Gasteiger partial charge in [0.25, 0.3) is 0 Å². The lowest BCUT2D eigenvalue weighted by Crippen LogP contribution is -2.30. The molecule has 92 valence electrons. The molecule has 0 amide bonds. The highest BCUT2D eigenvalue weighted by atomic mass is 16.5. The third-order valence-corrected chi connectivity index (χ3v) is 2.61. The van der Waals surface area contributed by atoms with E-state index in [-0.39, 0.29) is 6.10 Å². The van der Waals surface area contributed by atoms with Crippen LogP contribution in [0.15, 0.2) is 48.8 Å². The number of ether oxygens (including phenoxy) is 1.